The fourth-order valence-corrected chi connectivity index (χ4v) is 6.67. The molecular weight excluding hydrogens is 465 g/mol. The number of hydrogen-bond donors (Lipinski definition) is 1. The van der Waals surface area contributed by atoms with E-state index >= 15 is 0 Å². The van der Waals surface area contributed by atoms with Crippen LogP contribution in [0, 0.1) is 0 Å². The Morgan fingerprint density at radius 3 is 2.63 bits per heavy atom. The van der Waals surface area contributed by atoms with E-state index < -0.39 is 9.84 Å². The number of benzene rings is 2. The summed E-state index contributed by atoms with van der Waals surface area (Å²) in [6.45, 7) is 0.510. The number of amides is 1. The van der Waals surface area contributed by atoms with Gasteiger partial charge in [0.05, 0.1) is 29.3 Å². The number of aliphatic imine (C=N–C) groups is 1. The van der Waals surface area contributed by atoms with Gasteiger partial charge in [0.2, 0.25) is 5.91 Å². The Bertz CT molecular complexity index is 1090. The number of amidine groups is 1. The standard InChI is InChI=1S/C20H19Cl2N3O3S2/c21-14-6-4-13(5-7-14)9-25-18-12-30(27,28)11-17(18)24-20(25)29-10-19(26)23-16-3-1-2-15(22)8-16/h1-8,17-18H,9-12H2,(H,23,26)/t17-,18-/m1/s1. The monoisotopic (exact) mass is 483 g/mol. The van der Waals surface area contributed by atoms with Crippen LogP contribution < -0.4 is 5.32 Å². The van der Waals surface area contributed by atoms with E-state index in [0.717, 1.165) is 5.56 Å². The summed E-state index contributed by atoms with van der Waals surface area (Å²) < 4.78 is 24.2. The lowest BCUT2D eigenvalue weighted by molar-refractivity contribution is -0.113. The molecule has 2 atom stereocenters. The minimum absolute atomic E-state index is 0.0492. The molecule has 6 nitrogen and oxygen atoms in total. The van der Waals surface area contributed by atoms with Gasteiger partial charge in [0.25, 0.3) is 0 Å². The van der Waals surface area contributed by atoms with Crippen molar-refractivity contribution in [3.05, 3.63) is 64.1 Å². The molecule has 0 spiro atoms. The van der Waals surface area contributed by atoms with E-state index in [1.54, 1.807) is 36.4 Å². The van der Waals surface area contributed by atoms with Crippen LogP contribution >= 0.6 is 35.0 Å². The summed E-state index contributed by atoms with van der Waals surface area (Å²) in [6, 6.07) is 13.9. The number of nitrogens with zero attached hydrogens (tertiary/aromatic N) is 2. The Labute approximate surface area is 189 Å². The van der Waals surface area contributed by atoms with Gasteiger partial charge in [-0.05, 0) is 35.9 Å². The molecule has 2 aliphatic heterocycles. The second kappa shape index (κ2) is 8.78. The summed E-state index contributed by atoms with van der Waals surface area (Å²) in [7, 11) is -3.11. The van der Waals surface area contributed by atoms with Gasteiger partial charge in [-0.15, -0.1) is 0 Å². The number of carbonyl (C=O) groups is 1. The van der Waals surface area contributed by atoms with Crippen molar-refractivity contribution in [2.75, 3.05) is 22.6 Å². The highest BCUT2D eigenvalue weighted by Gasteiger charge is 2.46. The molecule has 2 aromatic carbocycles. The van der Waals surface area contributed by atoms with Gasteiger partial charge in [0, 0.05) is 22.3 Å². The Morgan fingerprint density at radius 1 is 1.13 bits per heavy atom. The van der Waals surface area contributed by atoms with Gasteiger partial charge in [-0.1, -0.05) is 53.2 Å². The highest BCUT2D eigenvalue weighted by molar-refractivity contribution is 8.14. The molecule has 0 aromatic heterocycles. The molecule has 2 aromatic rings. The van der Waals surface area contributed by atoms with Crippen LogP contribution in [0.2, 0.25) is 10.0 Å². The van der Waals surface area contributed by atoms with E-state index in [1.807, 2.05) is 17.0 Å². The van der Waals surface area contributed by atoms with Gasteiger partial charge >= 0.3 is 0 Å². The van der Waals surface area contributed by atoms with Crippen LogP contribution in [0.1, 0.15) is 5.56 Å². The first kappa shape index (κ1) is 21.5. The lowest BCUT2D eigenvalue weighted by atomic mass is 10.1. The third-order valence-electron chi connectivity index (χ3n) is 4.92. The van der Waals surface area contributed by atoms with E-state index in [1.165, 1.54) is 11.8 Å². The predicted molar refractivity (Wildman–Crippen MR) is 123 cm³/mol. The van der Waals surface area contributed by atoms with Gasteiger partial charge in [0.1, 0.15) is 0 Å². The second-order valence-corrected chi connectivity index (χ2v) is 11.2. The molecule has 2 heterocycles. The highest BCUT2D eigenvalue weighted by atomic mass is 35.5. The van der Waals surface area contributed by atoms with Crippen molar-refractivity contribution < 1.29 is 13.2 Å². The molecule has 1 amide bonds. The quantitative estimate of drug-likeness (QED) is 0.700. The van der Waals surface area contributed by atoms with Gasteiger partial charge in [0.15, 0.2) is 15.0 Å². The van der Waals surface area contributed by atoms with Crippen LogP contribution in [0.15, 0.2) is 53.5 Å². The number of anilines is 1. The summed E-state index contributed by atoms with van der Waals surface area (Å²) in [5.74, 6) is 0.108. The van der Waals surface area contributed by atoms with Gasteiger partial charge in [-0.25, -0.2) is 8.42 Å². The summed E-state index contributed by atoms with van der Waals surface area (Å²) in [5, 5.41) is 4.69. The molecule has 1 saturated heterocycles. The number of nitrogens with one attached hydrogen (secondary N) is 1. The smallest absolute Gasteiger partial charge is 0.234 e. The number of rotatable bonds is 5. The number of sulfone groups is 1. The molecule has 0 saturated carbocycles. The molecule has 0 bridgehead atoms. The van der Waals surface area contributed by atoms with Crippen molar-refractivity contribution in [2.45, 2.75) is 18.6 Å². The highest BCUT2D eigenvalue weighted by Crippen LogP contribution is 2.32. The zero-order chi connectivity index (χ0) is 21.3. The zero-order valence-electron chi connectivity index (χ0n) is 15.8. The minimum Gasteiger partial charge on any atom is -0.341 e. The van der Waals surface area contributed by atoms with E-state index in [9.17, 15) is 13.2 Å². The minimum atomic E-state index is -3.11. The van der Waals surface area contributed by atoms with E-state index in [2.05, 4.69) is 10.3 Å². The van der Waals surface area contributed by atoms with Gasteiger partial charge in [-0.2, -0.15) is 0 Å². The van der Waals surface area contributed by atoms with E-state index in [4.69, 9.17) is 23.2 Å². The summed E-state index contributed by atoms with van der Waals surface area (Å²) in [5.41, 5.74) is 1.63. The molecule has 158 valence electrons. The maximum absolute atomic E-state index is 12.4. The van der Waals surface area contributed by atoms with E-state index in [-0.39, 0.29) is 35.2 Å². The second-order valence-electron chi connectivity index (χ2n) is 7.22. The first-order chi connectivity index (χ1) is 14.3. The van der Waals surface area contributed by atoms with Crippen molar-refractivity contribution in [1.29, 1.82) is 0 Å². The molecule has 1 fully saturated rings. The number of carbonyl (C=O) groups excluding carboxylic acids is 1. The van der Waals surface area contributed by atoms with Crippen LogP contribution in [0.3, 0.4) is 0 Å². The molecule has 0 aliphatic carbocycles. The van der Waals surface area contributed by atoms with Crippen LogP contribution in [0.25, 0.3) is 0 Å². The SMILES string of the molecule is O=C(CSC1=N[C@@H]2CS(=O)(=O)C[C@H]2N1Cc1ccc(Cl)cc1)Nc1cccc(Cl)c1. The van der Waals surface area contributed by atoms with Gasteiger partial charge in [-0.3, -0.25) is 9.79 Å². The fraction of sp³-hybridized carbons (Fsp3) is 0.300. The zero-order valence-corrected chi connectivity index (χ0v) is 18.9. The van der Waals surface area contributed by atoms with Crippen LogP contribution in [-0.2, 0) is 21.2 Å². The molecule has 1 N–H and O–H groups in total. The van der Waals surface area contributed by atoms with Gasteiger partial charge < -0.3 is 10.2 Å². The predicted octanol–water partition coefficient (Wildman–Crippen LogP) is 3.70. The lowest BCUT2D eigenvalue weighted by Crippen LogP contribution is -2.38. The van der Waals surface area contributed by atoms with Crippen molar-refractivity contribution in [2.24, 2.45) is 4.99 Å². The molecule has 0 radical (unpaired) electrons. The summed E-state index contributed by atoms with van der Waals surface area (Å²) in [4.78, 5) is 19.0. The first-order valence-electron chi connectivity index (χ1n) is 9.27. The van der Waals surface area contributed by atoms with Crippen molar-refractivity contribution in [1.82, 2.24) is 4.90 Å². The number of thioether (sulfide) groups is 1. The normalized spacial score (nSPS) is 21.9. The lowest BCUT2D eigenvalue weighted by Gasteiger charge is -2.26. The third-order valence-corrected chi connectivity index (χ3v) is 8.11. The molecule has 30 heavy (non-hydrogen) atoms. The Morgan fingerprint density at radius 2 is 1.90 bits per heavy atom. The molecule has 2 aliphatic rings. The molecule has 0 unspecified atom stereocenters. The van der Waals surface area contributed by atoms with E-state index in [0.29, 0.717) is 27.4 Å². The third kappa shape index (κ3) is 5.11. The summed E-state index contributed by atoms with van der Waals surface area (Å²) >= 11 is 13.2. The maximum atomic E-state index is 12.4. The first-order valence-corrected chi connectivity index (χ1v) is 12.8. The average molecular weight is 484 g/mol. The number of hydrogen-bond acceptors (Lipinski definition) is 6. The Kier molecular flexibility index (Phi) is 6.29. The largest absolute Gasteiger partial charge is 0.341 e. The van der Waals surface area contributed by atoms with Crippen LogP contribution in [0.4, 0.5) is 5.69 Å². The topological polar surface area (TPSA) is 78.8 Å². The van der Waals surface area contributed by atoms with Crippen LogP contribution in [-0.4, -0.2) is 53.7 Å². The fourth-order valence-electron chi connectivity index (χ4n) is 3.57. The van der Waals surface area contributed by atoms with Crippen molar-refractivity contribution in [3.63, 3.8) is 0 Å². The number of halogens is 2. The van der Waals surface area contributed by atoms with Crippen LogP contribution in [0.5, 0.6) is 0 Å². The molecular formula is C20H19Cl2N3O3S2. The molecule has 4 rings (SSSR count). The Hall–Kier alpha value is -1.74. The van der Waals surface area contributed by atoms with Crippen molar-refractivity contribution in [3.8, 4) is 0 Å². The Balaban J connectivity index is 1.45. The number of fused-ring (bicyclic) bond motifs is 1. The molecule has 10 heteroatoms. The summed E-state index contributed by atoms with van der Waals surface area (Å²) in [6.07, 6.45) is 0. The van der Waals surface area contributed by atoms with Crippen molar-refractivity contribution >= 4 is 61.6 Å². The maximum Gasteiger partial charge on any atom is 0.234 e. The average Bonchev–Trinajstić information content (AvgIpc) is 3.14.